The average Bonchev–Trinajstić information content (AvgIpc) is 2.10. The van der Waals surface area contributed by atoms with Gasteiger partial charge in [0.1, 0.15) is 5.82 Å². The van der Waals surface area contributed by atoms with Crippen LogP contribution in [0.3, 0.4) is 0 Å². The van der Waals surface area contributed by atoms with E-state index < -0.39 is 6.10 Å². The van der Waals surface area contributed by atoms with Crippen molar-refractivity contribution in [2.45, 2.75) is 26.9 Å². The zero-order valence-electron chi connectivity index (χ0n) is 8.51. The number of hydrogen-bond donors (Lipinski definition) is 1. The van der Waals surface area contributed by atoms with E-state index in [9.17, 15) is 9.50 Å². The number of rotatable bonds is 2. The third kappa shape index (κ3) is 2.25. The van der Waals surface area contributed by atoms with Gasteiger partial charge in [-0.25, -0.2) is 4.39 Å². The first kappa shape index (κ1) is 11.5. The van der Waals surface area contributed by atoms with Crippen molar-refractivity contribution in [3.05, 3.63) is 34.1 Å². The van der Waals surface area contributed by atoms with Gasteiger partial charge in [0.2, 0.25) is 0 Å². The summed E-state index contributed by atoms with van der Waals surface area (Å²) in [5, 5.41) is 10.1. The molecule has 0 heterocycles. The van der Waals surface area contributed by atoms with Crippen molar-refractivity contribution < 1.29 is 9.50 Å². The van der Waals surface area contributed by atoms with Gasteiger partial charge in [-0.2, -0.15) is 0 Å². The van der Waals surface area contributed by atoms with Crippen LogP contribution in [0.5, 0.6) is 0 Å². The molecule has 0 bridgehead atoms. The lowest BCUT2D eigenvalue weighted by Gasteiger charge is -2.17. The molecule has 1 nitrogen and oxygen atoms in total. The van der Waals surface area contributed by atoms with Gasteiger partial charge in [-0.05, 0) is 36.1 Å². The Bertz CT molecular complexity index is 336. The minimum Gasteiger partial charge on any atom is -0.388 e. The van der Waals surface area contributed by atoms with Gasteiger partial charge < -0.3 is 5.11 Å². The Hall–Kier alpha value is -0.600. The van der Waals surface area contributed by atoms with Crippen molar-refractivity contribution in [1.82, 2.24) is 0 Å². The van der Waals surface area contributed by atoms with Gasteiger partial charge in [-0.1, -0.05) is 25.4 Å². The summed E-state index contributed by atoms with van der Waals surface area (Å²) in [6.07, 6.45) is -0.637. The molecular weight excluding hydrogens is 203 g/mol. The van der Waals surface area contributed by atoms with Crippen molar-refractivity contribution in [2.24, 2.45) is 5.92 Å². The lowest BCUT2D eigenvalue weighted by Crippen LogP contribution is -2.06. The highest BCUT2D eigenvalue weighted by molar-refractivity contribution is 6.31. The largest absolute Gasteiger partial charge is 0.388 e. The molecule has 0 amide bonds. The third-order valence-corrected chi connectivity index (χ3v) is 2.56. The number of hydrogen-bond acceptors (Lipinski definition) is 1. The molecule has 0 fully saturated rings. The Balaban J connectivity index is 3.15. The summed E-state index contributed by atoms with van der Waals surface area (Å²) in [5.74, 6) is -0.271. The maximum atomic E-state index is 13.1. The summed E-state index contributed by atoms with van der Waals surface area (Å²) in [6, 6.07) is 2.85. The summed E-state index contributed by atoms with van der Waals surface area (Å²) in [5.41, 5.74) is 1.10. The molecule has 0 aliphatic carbocycles. The molecule has 0 saturated heterocycles. The van der Waals surface area contributed by atoms with Crippen LogP contribution in [0.2, 0.25) is 5.02 Å². The summed E-state index contributed by atoms with van der Waals surface area (Å²) >= 11 is 5.84. The summed E-state index contributed by atoms with van der Waals surface area (Å²) < 4.78 is 13.1. The van der Waals surface area contributed by atoms with Crippen LogP contribution in [0.15, 0.2) is 12.1 Å². The number of aryl methyl sites for hydroxylation is 1. The van der Waals surface area contributed by atoms with Gasteiger partial charge in [-0.15, -0.1) is 0 Å². The lowest BCUT2D eigenvalue weighted by atomic mass is 9.97. The van der Waals surface area contributed by atoms with Crippen LogP contribution in [0.25, 0.3) is 0 Å². The number of aliphatic hydroxyl groups is 1. The van der Waals surface area contributed by atoms with Crippen LogP contribution in [0.1, 0.15) is 31.1 Å². The van der Waals surface area contributed by atoms with E-state index in [0.717, 1.165) is 0 Å². The first-order chi connectivity index (χ1) is 6.43. The fraction of sp³-hybridized carbons (Fsp3) is 0.455. The molecule has 0 radical (unpaired) electrons. The molecule has 14 heavy (non-hydrogen) atoms. The predicted octanol–water partition coefficient (Wildman–Crippen LogP) is 3.48. The zero-order valence-corrected chi connectivity index (χ0v) is 9.27. The first-order valence-corrected chi connectivity index (χ1v) is 4.95. The molecule has 1 rings (SSSR count). The van der Waals surface area contributed by atoms with Gasteiger partial charge in [0, 0.05) is 5.02 Å². The third-order valence-electron chi connectivity index (χ3n) is 2.23. The van der Waals surface area contributed by atoms with Gasteiger partial charge in [0.25, 0.3) is 0 Å². The number of halogens is 2. The van der Waals surface area contributed by atoms with E-state index in [0.29, 0.717) is 11.1 Å². The fourth-order valence-electron chi connectivity index (χ4n) is 1.27. The van der Waals surface area contributed by atoms with Crippen LogP contribution in [-0.2, 0) is 0 Å². The molecule has 1 atom stereocenters. The summed E-state index contributed by atoms with van der Waals surface area (Å²) in [7, 11) is 0. The molecule has 0 aliphatic heterocycles. The predicted molar refractivity (Wildman–Crippen MR) is 55.9 cm³/mol. The van der Waals surface area contributed by atoms with Gasteiger partial charge in [-0.3, -0.25) is 0 Å². The van der Waals surface area contributed by atoms with Crippen molar-refractivity contribution in [1.29, 1.82) is 0 Å². The lowest BCUT2D eigenvalue weighted by molar-refractivity contribution is 0.127. The highest BCUT2D eigenvalue weighted by Crippen LogP contribution is 2.30. The minimum atomic E-state index is -0.637. The Labute approximate surface area is 88.5 Å². The van der Waals surface area contributed by atoms with Gasteiger partial charge in [0.15, 0.2) is 0 Å². The first-order valence-electron chi connectivity index (χ1n) is 4.57. The highest BCUT2D eigenvalue weighted by atomic mass is 35.5. The molecule has 3 heteroatoms. The van der Waals surface area contributed by atoms with Crippen LogP contribution in [0, 0.1) is 18.7 Å². The van der Waals surface area contributed by atoms with E-state index in [2.05, 4.69) is 0 Å². The van der Waals surface area contributed by atoms with Gasteiger partial charge in [0.05, 0.1) is 6.10 Å². The van der Waals surface area contributed by atoms with E-state index in [1.54, 1.807) is 13.0 Å². The van der Waals surface area contributed by atoms with Crippen molar-refractivity contribution in [3.63, 3.8) is 0 Å². The van der Waals surface area contributed by atoms with E-state index in [1.807, 2.05) is 13.8 Å². The van der Waals surface area contributed by atoms with Crippen LogP contribution < -0.4 is 0 Å². The fourth-order valence-corrected chi connectivity index (χ4v) is 1.53. The van der Waals surface area contributed by atoms with Crippen molar-refractivity contribution in [3.8, 4) is 0 Å². The second-order valence-corrected chi connectivity index (χ2v) is 4.22. The maximum absolute atomic E-state index is 13.1. The van der Waals surface area contributed by atoms with E-state index in [1.165, 1.54) is 6.07 Å². The molecule has 0 spiro atoms. The number of aliphatic hydroxyl groups excluding tert-OH is 1. The van der Waals surface area contributed by atoms with Crippen LogP contribution in [0.4, 0.5) is 4.39 Å². The monoisotopic (exact) mass is 216 g/mol. The van der Waals surface area contributed by atoms with Gasteiger partial charge >= 0.3 is 0 Å². The standard InChI is InChI=1S/C11H14ClFO/c1-6(2)11(14)8-4-7(3)10(13)5-9(8)12/h4-6,11,14H,1-3H3. The molecule has 0 aliphatic rings. The molecule has 1 N–H and O–H groups in total. The summed E-state index contributed by atoms with van der Waals surface area (Å²) in [6.45, 7) is 5.43. The molecule has 1 aromatic rings. The van der Waals surface area contributed by atoms with Crippen molar-refractivity contribution >= 4 is 11.6 Å². The topological polar surface area (TPSA) is 20.2 Å². The van der Waals surface area contributed by atoms with E-state index >= 15 is 0 Å². The normalized spacial score (nSPS) is 13.4. The Kier molecular flexibility index (Phi) is 3.51. The van der Waals surface area contributed by atoms with E-state index in [-0.39, 0.29) is 16.8 Å². The maximum Gasteiger partial charge on any atom is 0.127 e. The molecule has 1 aromatic carbocycles. The Morgan fingerprint density at radius 3 is 2.43 bits per heavy atom. The quantitative estimate of drug-likeness (QED) is 0.803. The smallest absolute Gasteiger partial charge is 0.127 e. The number of benzene rings is 1. The second kappa shape index (κ2) is 4.28. The van der Waals surface area contributed by atoms with Crippen LogP contribution in [-0.4, -0.2) is 5.11 Å². The Morgan fingerprint density at radius 1 is 1.36 bits per heavy atom. The summed E-state index contributed by atoms with van der Waals surface area (Å²) in [4.78, 5) is 0. The van der Waals surface area contributed by atoms with E-state index in [4.69, 9.17) is 11.6 Å². The molecular formula is C11H14ClFO. The Morgan fingerprint density at radius 2 is 1.93 bits per heavy atom. The molecule has 0 aromatic heterocycles. The molecule has 1 unspecified atom stereocenters. The molecule has 78 valence electrons. The SMILES string of the molecule is Cc1cc(C(O)C(C)C)c(Cl)cc1F. The molecule has 0 saturated carbocycles. The van der Waals surface area contributed by atoms with Crippen LogP contribution >= 0.6 is 11.6 Å². The minimum absolute atomic E-state index is 0.0670. The zero-order chi connectivity index (χ0) is 10.9. The average molecular weight is 217 g/mol. The second-order valence-electron chi connectivity index (χ2n) is 3.81. The highest BCUT2D eigenvalue weighted by Gasteiger charge is 2.16. The van der Waals surface area contributed by atoms with Crippen molar-refractivity contribution in [2.75, 3.05) is 0 Å².